The van der Waals surface area contributed by atoms with Gasteiger partial charge < -0.3 is 0 Å². The van der Waals surface area contributed by atoms with Gasteiger partial charge in [-0.2, -0.15) is 5.10 Å². The van der Waals surface area contributed by atoms with E-state index in [2.05, 4.69) is 10.5 Å². The lowest BCUT2D eigenvalue weighted by Crippen LogP contribution is -2.23. The van der Waals surface area contributed by atoms with Crippen LogP contribution in [0, 0.1) is 0 Å². The predicted octanol–water partition coefficient (Wildman–Crippen LogP) is 2.45. The summed E-state index contributed by atoms with van der Waals surface area (Å²) < 4.78 is 9.73. The summed E-state index contributed by atoms with van der Waals surface area (Å²) in [5, 5.41) is 4.18. The van der Waals surface area contributed by atoms with E-state index in [-0.39, 0.29) is 4.71 Å². The molecule has 82 valence electrons. The molecule has 0 aliphatic carbocycles. The summed E-state index contributed by atoms with van der Waals surface area (Å²) in [6.45, 7) is 1.97. The molecule has 2 unspecified atom stereocenters. The van der Waals surface area contributed by atoms with Crippen molar-refractivity contribution in [3.63, 3.8) is 0 Å². The molecule has 0 aromatic rings. The van der Waals surface area contributed by atoms with Crippen LogP contribution in [0.15, 0.2) is 5.10 Å². The Morgan fingerprint density at radius 2 is 2.29 bits per heavy atom. The number of nitrogens with one attached hydrogen (secondary N) is 1. The number of hydrogen-bond acceptors (Lipinski definition) is 4. The van der Waals surface area contributed by atoms with Gasteiger partial charge >= 0.3 is 0 Å². The third-order valence-electron chi connectivity index (χ3n) is 1.38. The zero-order valence-corrected chi connectivity index (χ0v) is 11.2. The monoisotopic (exact) mass is 294 g/mol. The maximum Gasteiger partial charge on any atom is 0.240 e. The second kappa shape index (κ2) is 5.25. The molecule has 0 aromatic carbocycles. The van der Waals surface area contributed by atoms with Crippen molar-refractivity contribution >= 4 is 62.4 Å². The van der Waals surface area contributed by atoms with Crippen LogP contribution < -0.4 is 5.43 Å². The molecule has 0 aromatic heterocycles. The topological polar surface area (TPSA) is 41.5 Å². The summed E-state index contributed by atoms with van der Waals surface area (Å²) in [7, 11) is -0.990. The third kappa shape index (κ3) is 3.45. The molecule has 0 amide bonds. The van der Waals surface area contributed by atoms with Crippen LogP contribution in [0.4, 0.5) is 0 Å². The van der Waals surface area contributed by atoms with E-state index < -0.39 is 14.6 Å². The van der Waals surface area contributed by atoms with Crippen molar-refractivity contribution in [1.29, 1.82) is 0 Å². The van der Waals surface area contributed by atoms with E-state index in [0.717, 1.165) is 6.42 Å². The van der Waals surface area contributed by atoms with Gasteiger partial charge in [-0.15, -0.1) is 0 Å². The zero-order valence-electron chi connectivity index (χ0n) is 7.30. The van der Waals surface area contributed by atoms with E-state index in [1.54, 1.807) is 0 Å². The molecule has 14 heavy (non-hydrogen) atoms. The van der Waals surface area contributed by atoms with Crippen molar-refractivity contribution in [2.24, 2.45) is 5.10 Å². The summed E-state index contributed by atoms with van der Waals surface area (Å²) in [4.78, 5) is 0. The van der Waals surface area contributed by atoms with Crippen LogP contribution in [0.3, 0.4) is 0 Å². The highest BCUT2D eigenvalue weighted by Gasteiger charge is 2.36. The highest BCUT2D eigenvalue weighted by Crippen LogP contribution is 2.37. The number of thioether (sulfide) groups is 1. The predicted molar refractivity (Wildman–Crippen MR) is 65.5 cm³/mol. The van der Waals surface area contributed by atoms with Crippen molar-refractivity contribution < 1.29 is 4.21 Å². The molecule has 1 aliphatic heterocycles. The van der Waals surface area contributed by atoms with Gasteiger partial charge in [0.2, 0.25) is 3.79 Å². The fourth-order valence-corrected chi connectivity index (χ4v) is 3.67. The van der Waals surface area contributed by atoms with Crippen LogP contribution >= 0.6 is 46.6 Å². The molecule has 3 nitrogen and oxygen atoms in total. The van der Waals surface area contributed by atoms with Crippen molar-refractivity contribution in [3.8, 4) is 0 Å². The average Bonchev–Trinajstić information content (AvgIpc) is 2.51. The molecule has 0 saturated heterocycles. The molecule has 1 rings (SSSR count). The molecule has 1 heterocycles. The number of rotatable bonds is 3. The molecule has 1 aliphatic rings. The minimum atomic E-state index is -1.52. The van der Waals surface area contributed by atoms with Gasteiger partial charge in [-0.05, 0) is 6.42 Å². The van der Waals surface area contributed by atoms with Crippen molar-refractivity contribution in [3.05, 3.63) is 0 Å². The molecular formula is C6H9Cl3N2OS2. The minimum absolute atomic E-state index is 0.291. The van der Waals surface area contributed by atoms with Crippen molar-refractivity contribution in [1.82, 2.24) is 5.43 Å². The van der Waals surface area contributed by atoms with Gasteiger partial charge in [0, 0.05) is 5.75 Å². The summed E-state index contributed by atoms with van der Waals surface area (Å²) >= 11 is 18.1. The van der Waals surface area contributed by atoms with Crippen LogP contribution in [0.1, 0.15) is 13.3 Å². The Bertz CT molecular complexity index is 266. The standard InChI is InChI=1S/C6H9Cl3N2OS2/c1-2-3-14(12)5-11-10-4(13-5)6(7,8)9/h5,11H,2-3H2,1H3. The molecule has 2 atom stereocenters. The maximum atomic E-state index is 11.5. The highest BCUT2D eigenvalue weighted by molar-refractivity contribution is 8.22. The minimum Gasteiger partial charge on any atom is -0.283 e. The van der Waals surface area contributed by atoms with Crippen LogP contribution in [-0.2, 0) is 10.8 Å². The molecule has 0 saturated carbocycles. The molecule has 0 fully saturated rings. The van der Waals surface area contributed by atoms with Crippen LogP contribution in [0.25, 0.3) is 0 Å². The molecule has 8 heteroatoms. The van der Waals surface area contributed by atoms with E-state index in [4.69, 9.17) is 34.8 Å². The molecule has 1 N–H and O–H groups in total. The van der Waals surface area contributed by atoms with E-state index in [1.165, 1.54) is 11.8 Å². The number of hydrazone groups is 1. The maximum absolute atomic E-state index is 11.5. The summed E-state index contributed by atoms with van der Waals surface area (Å²) in [5.74, 6) is 0.618. The Kier molecular flexibility index (Phi) is 4.84. The first-order valence-corrected chi connectivity index (χ1v) is 7.29. The fourth-order valence-electron chi connectivity index (χ4n) is 0.816. The normalized spacial score (nSPS) is 24.3. The number of alkyl halides is 3. The van der Waals surface area contributed by atoms with Crippen LogP contribution in [-0.4, -0.2) is 23.5 Å². The molecule has 0 bridgehead atoms. The second-order valence-electron chi connectivity index (χ2n) is 2.58. The van der Waals surface area contributed by atoms with Gasteiger partial charge in [0.1, 0.15) is 5.04 Å². The molecule has 0 radical (unpaired) electrons. The number of nitrogens with zero attached hydrogens (tertiary/aromatic N) is 1. The van der Waals surface area contributed by atoms with E-state index in [1.807, 2.05) is 6.92 Å². The van der Waals surface area contributed by atoms with Gasteiger partial charge in [0.15, 0.2) is 4.71 Å². The smallest absolute Gasteiger partial charge is 0.240 e. The Labute approximate surface area is 104 Å². The van der Waals surface area contributed by atoms with Gasteiger partial charge in [0.05, 0.1) is 10.8 Å². The third-order valence-corrected chi connectivity index (χ3v) is 5.52. The van der Waals surface area contributed by atoms with E-state index in [0.29, 0.717) is 10.8 Å². The second-order valence-corrected chi connectivity index (χ2v) is 7.89. The highest BCUT2D eigenvalue weighted by atomic mass is 35.6. The quantitative estimate of drug-likeness (QED) is 0.813. The van der Waals surface area contributed by atoms with Crippen molar-refractivity contribution in [2.75, 3.05) is 5.75 Å². The lowest BCUT2D eigenvalue weighted by Gasteiger charge is -2.10. The first-order chi connectivity index (χ1) is 6.45. The molecule has 0 spiro atoms. The van der Waals surface area contributed by atoms with Crippen LogP contribution in [0.5, 0.6) is 0 Å². The first-order valence-electron chi connectivity index (χ1n) is 3.89. The number of hydrogen-bond donors (Lipinski definition) is 1. The lowest BCUT2D eigenvalue weighted by atomic mass is 10.6. The summed E-state index contributed by atoms with van der Waals surface area (Å²) in [5.41, 5.74) is 2.70. The van der Waals surface area contributed by atoms with Gasteiger partial charge in [-0.1, -0.05) is 53.5 Å². The van der Waals surface area contributed by atoms with Gasteiger partial charge in [-0.3, -0.25) is 9.63 Å². The summed E-state index contributed by atoms with van der Waals surface area (Å²) in [6, 6.07) is 0. The van der Waals surface area contributed by atoms with E-state index >= 15 is 0 Å². The SMILES string of the molecule is CCCS(=O)C1NN=C(C(Cl)(Cl)Cl)S1. The lowest BCUT2D eigenvalue weighted by molar-refractivity contribution is 0.671. The Morgan fingerprint density at radius 3 is 2.71 bits per heavy atom. The first kappa shape index (κ1) is 12.9. The Morgan fingerprint density at radius 1 is 1.64 bits per heavy atom. The number of halogens is 3. The Hall–Kier alpha value is 0.840. The summed E-state index contributed by atoms with van der Waals surface area (Å²) in [6.07, 6.45) is 0.856. The van der Waals surface area contributed by atoms with Gasteiger partial charge in [0.25, 0.3) is 0 Å². The average molecular weight is 296 g/mol. The van der Waals surface area contributed by atoms with Gasteiger partial charge in [-0.25, -0.2) is 0 Å². The molecular weight excluding hydrogens is 287 g/mol. The Balaban J connectivity index is 2.50. The largest absolute Gasteiger partial charge is 0.283 e. The zero-order chi connectivity index (χ0) is 10.8. The fraction of sp³-hybridized carbons (Fsp3) is 0.833. The van der Waals surface area contributed by atoms with Crippen molar-refractivity contribution in [2.45, 2.75) is 21.8 Å². The van der Waals surface area contributed by atoms with E-state index in [9.17, 15) is 4.21 Å². The van der Waals surface area contributed by atoms with Crippen LogP contribution in [0.2, 0.25) is 0 Å².